The number of ketones is 1. The first-order valence-electron chi connectivity index (χ1n) is 21.8. The van der Waals surface area contributed by atoms with Crippen LogP contribution in [-0.4, -0.2) is 51.8 Å². The van der Waals surface area contributed by atoms with Crippen molar-refractivity contribution in [3.63, 3.8) is 0 Å². The molecular formula is C51H58F3NO5. The zero-order valence-electron chi connectivity index (χ0n) is 35.2. The zero-order chi connectivity index (χ0) is 42.6. The number of aliphatic hydroxyl groups excluding tert-OH is 1. The second kappa shape index (κ2) is 16.1. The summed E-state index contributed by atoms with van der Waals surface area (Å²) in [6.45, 7) is 9.26. The van der Waals surface area contributed by atoms with E-state index in [-0.39, 0.29) is 41.3 Å². The van der Waals surface area contributed by atoms with Gasteiger partial charge in [-0.05, 0) is 152 Å². The molecule has 0 spiro atoms. The van der Waals surface area contributed by atoms with Crippen LogP contribution in [0.3, 0.4) is 0 Å². The van der Waals surface area contributed by atoms with E-state index in [0.717, 1.165) is 47.7 Å². The molecule has 4 saturated carbocycles. The Morgan fingerprint density at radius 1 is 0.883 bits per heavy atom. The molecule has 4 fully saturated rings. The Balaban J connectivity index is 1.18. The number of hydrogen-bond donors (Lipinski definition) is 2. The molecule has 6 nitrogen and oxygen atoms in total. The van der Waals surface area contributed by atoms with Crippen molar-refractivity contribution in [2.75, 3.05) is 13.1 Å². The van der Waals surface area contributed by atoms with E-state index < -0.39 is 40.7 Å². The average Bonchev–Trinajstić information content (AvgIpc) is 3.47. The predicted molar refractivity (Wildman–Crippen MR) is 228 cm³/mol. The van der Waals surface area contributed by atoms with Crippen LogP contribution in [0.4, 0.5) is 18.0 Å². The largest absolute Gasteiger partial charge is 0.416 e. The van der Waals surface area contributed by atoms with E-state index in [4.69, 9.17) is 4.74 Å². The number of nitrogens with zero attached hydrogens (tertiary/aromatic N) is 1. The first-order valence-corrected chi connectivity index (χ1v) is 21.8. The van der Waals surface area contributed by atoms with Gasteiger partial charge in [0.05, 0.1) is 23.8 Å². The number of aliphatic hydroxyl groups is 2. The van der Waals surface area contributed by atoms with Gasteiger partial charge in [0, 0.05) is 23.1 Å². The van der Waals surface area contributed by atoms with E-state index in [1.54, 1.807) is 17.0 Å². The maximum atomic E-state index is 14.6. The third-order valence-corrected chi connectivity index (χ3v) is 15.5. The summed E-state index contributed by atoms with van der Waals surface area (Å²) in [6, 6.07) is 23.6. The molecule has 4 aromatic carbocycles. The lowest BCUT2D eigenvalue weighted by Crippen LogP contribution is -2.58. The van der Waals surface area contributed by atoms with Crippen LogP contribution in [0.5, 0.6) is 5.75 Å². The number of amides is 1. The van der Waals surface area contributed by atoms with Gasteiger partial charge in [-0.15, -0.1) is 0 Å². The van der Waals surface area contributed by atoms with Gasteiger partial charge in [-0.3, -0.25) is 4.79 Å². The number of hydrogen-bond acceptors (Lipinski definition) is 5. The highest BCUT2D eigenvalue weighted by Gasteiger charge is 2.59. The zero-order valence-corrected chi connectivity index (χ0v) is 35.2. The highest BCUT2D eigenvalue weighted by molar-refractivity contribution is 6.10. The number of rotatable bonds is 7. The summed E-state index contributed by atoms with van der Waals surface area (Å²) in [6.07, 6.45) is 3.07. The third-order valence-electron chi connectivity index (χ3n) is 15.5. The molecule has 0 saturated heterocycles. The highest BCUT2D eigenvalue weighted by Crippen LogP contribution is 2.62. The van der Waals surface area contributed by atoms with Gasteiger partial charge in [-0.25, -0.2) is 4.79 Å². The molecule has 7 atom stereocenters. The number of halogens is 3. The van der Waals surface area contributed by atoms with Crippen LogP contribution in [-0.2, 0) is 12.6 Å². The maximum Gasteiger partial charge on any atom is 0.416 e. The fourth-order valence-electron chi connectivity index (χ4n) is 11.6. The molecular weight excluding hydrogens is 764 g/mol. The summed E-state index contributed by atoms with van der Waals surface area (Å²) in [4.78, 5) is 30.8. The van der Waals surface area contributed by atoms with Gasteiger partial charge >= 0.3 is 12.3 Å². The SMILES string of the molecule is CC1=CCCC2(C)C(CCC2(O)CN(CC2CCC3CC2C3(C)C)C(=O)Oc2ccc3ccccc3c2)c2ccc(cc2C(=O)c2cccc(C(F)(F)F)c2)CC(O)CC1. The van der Waals surface area contributed by atoms with Gasteiger partial charge in [0.1, 0.15) is 5.75 Å². The van der Waals surface area contributed by atoms with Crippen LogP contribution >= 0.6 is 0 Å². The van der Waals surface area contributed by atoms with Crippen molar-refractivity contribution < 1.29 is 37.7 Å². The summed E-state index contributed by atoms with van der Waals surface area (Å²) in [7, 11) is 0. The van der Waals surface area contributed by atoms with E-state index >= 15 is 0 Å². The number of allylic oxidation sites excluding steroid dienone is 2. The van der Waals surface area contributed by atoms with Crippen molar-refractivity contribution in [3.05, 3.63) is 124 Å². The predicted octanol–water partition coefficient (Wildman–Crippen LogP) is 11.7. The van der Waals surface area contributed by atoms with Crippen LogP contribution in [0.1, 0.15) is 124 Å². The van der Waals surface area contributed by atoms with Crippen LogP contribution in [0.2, 0.25) is 0 Å². The van der Waals surface area contributed by atoms with Gasteiger partial charge in [0.25, 0.3) is 0 Å². The number of carbonyl (C=O) groups excluding carboxylic acids is 2. The lowest BCUT2D eigenvalue weighted by molar-refractivity contribution is -0.137. The molecule has 4 aromatic rings. The fourth-order valence-corrected chi connectivity index (χ4v) is 11.6. The molecule has 6 aliphatic carbocycles. The number of ether oxygens (including phenoxy) is 1. The molecule has 6 aliphatic rings. The fraction of sp³-hybridized carbons (Fsp3) is 0.490. The molecule has 0 aliphatic heterocycles. The first kappa shape index (κ1) is 42.2. The van der Waals surface area contributed by atoms with E-state index in [1.807, 2.05) is 48.5 Å². The lowest BCUT2D eigenvalue weighted by atomic mass is 9.45. The summed E-state index contributed by atoms with van der Waals surface area (Å²) >= 11 is 0. The monoisotopic (exact) mass is 821 g/mol. The Morgan fingerprint density at radius 2 is 1.67 bits per heavy atom. The van der Waals surface area contributed by atoms with E-state index in [2.05, 4.69) is 33.8 Å². The van der Waals surface area contributed by atoms with E-state index in [0.29, 0.717) is 73.8 Å². The van der Waals surface area contributed by atoms with Gasteiger partial charge in [-0.2, -0.15) is 13.2 Å². The number of alkyl halides is 3. The number of fused-ring (bicyclic) bond motifs is 11. The minimum atomic E-state index is -4.62. The van der Waals surface area contributed by atoms with Crippen LogP contribution in [0, 0.1) is 28.6 Å². The van der Waals surface area contributed by atoms with Gasteiger partial charge in [-0.1, -0.05) is 87.0 Å². The van der Waals surface area contributed by atoms with E-state index in [9.17, 15) is 33.0 Å². The summed E-state index contributed by atoms with van der Waals surface area (Å²) in [5.41, 5.74) is -0.282. The maximum absolute atomic E-state index is 14.6. The second-order valence-electron chi connectivity index (χ2n) is 19.3. The van der Waals surface area contributed by atoms with Crippen molar-refractivity contribution in [2.45, 2.75) is 116 Å². The standard InChI is InChI=1S/C51H58F3NO5/c1-32-9-8-23-49(4)44(42-21-15-33(25-40(56)19-14-32)26-43(42)46(57)36-12-7-13-39(27-36)51(52,53)54)22-24-50(49,59)31-55(30-37-16-18-38-29-45(37)48(38,2)3)47(58)60-41-20-17-34-10-5-6-11-35(34)28-41/h5-7,9-13,15,17,20-21,26-28,37-38,40,44-45,56,59H,8,14,16,18-19,22-25,29-31H2,1-4H3. The highest BCUT2D eigenvalue weighted by atomic mass is 19.4. The summed E-state index contributed by atoms with van der Waals surface area (Å²) < 4.78 is 47.9. The van der Waals surface area contributed by atoms with Crippen molar-refractivity contribution in [1.82, 2.24) is 4.90 Å². The summed E-state index contributed by atoms with van der Waals surface area (Å²) in [5.74, 6) is 0.906. The lowest BCUT2D eigenvalue weighted by Gasteiger charge is -2.60. The van der Waals surface area contributed by atoms with Crippen molar-refractivity contribution in [2.24, 2.45) is 28.6 Å². The molecule has 0 aromatic heterocycles. The number of benzene rings is 4. The van der Waals surface area contributed by atoms with Crippen molar-refractivity contribution >= 4 is 22.6 Å². The molecule has 0 radical (unpaired) electrons. The van der Waals surface area contributed by atoms with Gasteiger partial charge in [0.2, 0.25) is 0 Å². The topological polar surface area (TPSA) is 87.1 Å². The first-order chi connectivity index (χ1) is 28.4. The summed E-state index contributed by atoms with van der Waals surface area (Å²) in [5, 5.41) is 26.3. The Hall–Kier alpha value is -4.47. The van der Waals surface area contributed by atoms with Gasteiger partial charge in [0.15, 0.2) is 5.78 Å². The number of carbonyl (C=O) groups is 2. The van der Waals surface area contributed by atoms with Crippen LogP contribution < -0.4 is 4.74 Å². The Morgan fingerprint density at radius 3 is 2.42 bits per heavy atom. The van der Waals surface area contributed by atoms with Crippen LogP contribution in [0.15, 0.2) is 96.6 Å². The van der Waals surface area contributed by atoms with Crippen LogP contribution in [0.25, 0.3) is 10.8 Å². The molecule has 60 heavy (non-hydrogen) atoms. The Labute approximate surface area is 351 Å². The molecule has 318 valence electrons. The third kappa shape index (κ3) is 8.04. The molecule has 0 heterocycles. The van der Waals surface area contributed by atoms with Gasteiger partial charge < -0.3 is 19.8 Å². The smallest absolute Gasteiger partial charge is 0.410 e. The molecule has 10 rings (SSSR count). The Bertz CT molecular complexity index is 2300. The normalized spacial score (nSPS) is 28.9. The quantitative estimate of drug-likeness (QED) is 0.143. The van der Waals surface area contributed by atoms with E-state index in [1.165, 1.54) is 12.1 Å². The minimum Gasteiger partial charge on any atom is -0.410 e. The van der Waals surface area contributed by atoms with Crippen molar-refractivity contribution in [3.8, 4) is 5.75 Å². The van der Waals surface area contributed by atoms with Crippen molar-refractivity contribution in [1.29, 1.82) is 0 Å². The molecule has 7 unspecified atom stereocenters. The average molecular weight is 822 g/mol. The molecule has 4 bridgehead atoms. The molecule has 1 amide bonds. The minimum absolute atomic E-state index is 0.0311. The Kier molecular flexibility index (Phi) is 11.3. The molecule has 2 N–H and O–H groups in total. The molecule has 9 heteroatoms. The second-order valence-corrected chi connectivity index (χ2v) is 19.3.